The molecule has 4 rings (SSSR count). The molecule has 8 heteroatoms. The zero-order chi connectivity index (χ0) is 20.4. The molecular formula is C21H19BrN4O2S. The van der Waals surface area contributed by atoms with Crippen molar-refractivity contribution < 1.29 is 9.59 Å². The van der Waals surface area contributed by atoms with Crippen LogP contribution in [0.15, 0.2) is 57.1 Å². The second-order valence-electron chi connectivity index (χ2n) is 6.76. The van der Waals surface area contributed by atoms with Crippen LogP contribution in [-0.2, 0) is 16.0 Å². The van der Waals surface area contributed by atoms with E-state index in [-0.39, 0.29) is 17.5 Å². The summed E-state index contributed by atoms with van der Waals surface area (Å²) in [4.78, 5) is 26.3. The van der Waals surface area contributed by atoms with Gasteiger partial charge >= 0.3 is 0 Å². The predicted octanol–water partition coefficient (Wildman–Crippen LogP) is 4.58. The highest BCUT2D eigenvalue weighted by Gasteiger charge is 2.31. The first-order valence-electron chi connectivity index (χ1n) is 9.38. The lowest BCUT2D eigenvalue weighted by molar-refractivity contribution is -0.115. The van der Waals surface area contributed by atoms with E-state index in [1.807, 2.05) is 42.5 Å². The molecule has 1 saturated heterocycles. The number of nitrogens with zero attached hydrogens (tertiary/aromatic N) is 3. The van der Waals surface area contributed by atoms with Crippen LogP contribution in [0.2, 0.25) is 0 Å². The summed E-state index contributed by atoms with van der Waals surface area (Å²) >= 11 is 4.73. The van der Waals surface area contributed by atoms with Gasteiger partial charge in [0.2, 0.25) is 5.91 Å². The van der Waals surface area contributed by atoms with Gasteiger partial charge in [-0.1, -0.05) is 53.2 Å². The van der Waals surface area contributed by atoms with Crippen LogP contribution in [0.3, 0.4) is 0 Å². The summed E-state index contributed by atoms with van der Waals surface area (Å²) in [7, 11) is 0. The second-order valence-corrected chi connectivity index (χ2v) is 8.62. The molecule has 2 amide bonds. The number of carbonyl (C=O) groups excluding carboxylic acids is 2. The fourth-order valence-electron chi connectivity index (χ4n) is 3.20. The minimum atomic E-state index is -0.302. The Bertz CT molecular complexity index is 1030. The number of unbranched alkanes of at least 4 members (excludes halogenated alkanes) is 1. The number of halogens is 1. The average molecular weight is 471 g/mol. The molecule has 2 heterocycles. The Morgan fingerprint density at radius 2 is 1.93 bits per heavy atom. The first-order chi connectivity index (χ1) is 14.1. The van der Waals surface area contributed by atoms with Gasteiger partial charge in [0.1, 0.15) is 0 Å². The van der Waals surface area contributed by atoms with Crippen LogP contribution < -0.4 is 10.2 Å². The molecule has 0 radical (unpaired) electrons. The Labute approximate surface area is 181 Å². The largest absolute Gasteiger partial charge is 0.320 e. The maximum Gasteiger partial charge on any atom is 0.276 e. The van der Waals surface area contributed by atoms with E-state index in [1.54, 1.807) is 4.90 Å². The van der Waals surface area contributed by atoms with E-state index in [2.05, 4.69) is 38.4 Å². The van der Waals surface area contributed by atoms with Crippen LogP contribution in [0, 0.1) is 0 Å². The fourth-order valence-corrected chi connectivity index (χ4v) is 4.38. The van der Waals surface area contributed by atoms with Crippen molar-refractivity contribution in [1.82, 2.24) is 0 Å². The number of fused-ring (bicyclic) bond motifs is 1. The van der Waals surface area contributed by atoms with Crippen LogP contribution in [0.4, 0.5) is 11.4 Å². The summed E-state index contributed by atoms with van der Waals surface area (Å²) in [5, 5.41) is 11.7. The van der Waals surface area contributed by atoms with Gasteiger partial charge in [0.15, 0.2) is 10.9 Å². The lowest BCUT2D eigenvalue weighted by Crippen LogP contribution is -2.29. The SMILES string of the molecule is CCCCc1ccc(N2C(=O)CSC2=NN=C2C(=O)Nc3ccc(Br)cc32)cc1. The van der Waals surface area contributed by atoms with Crippen molar-refractivity contribution in [2.45, 2.75) is 26.2 Å². The molecule has 2 aliphatic rings. The highest BCUT2D eigenvalue weighted by atomic mass is 79.9. The molecule has 148 valence electrons. The lowest BCUT2D eigenvalue weighted by atomic mass is 10.1. The van der Waals surface area contributed by atoms with Crippen LogP contribution in [0.5, 0.6) is 0 Å². The minimum absolute atomic E-state index is 0.0470. The normalized spacial score (nSPS) is 18.6. The molecular weight excluding hydrogens is 452 g/mol. The number of amides is 2. The van der Waals surface area contributed by atoms with E-state index in [1.165, 1.54) is 17.3 Å². The molecule has 1 fully saturated rings. The Hall–Kier alpha value is -2.45. The fraction of sp³-hybridized carbons (Fsp3) is 0.238. The Kier molecular flexibility index (Phi) is 5.82. The Morgan fingerprint density at radius 3 is 2.69 bits per heavy atom. The van der Waals surface area contributed by atoms with E-state index >= 15 is 0 Å². The molecule has 0 bridgehead atoms. The standard InChI is InChI=1S/C21H19BrN4O2S/c1-2-3-4-13-5-8-15(9-6-13)26-18(27)12-29-21(26)25-24-19-16-11-14(22)7-10-17(16)23-20(19)28/h5-11H,2-4,12H2,1H3,(H,23,24,28). The van der Waals surface area contributed by atoms with Gasteiger partial charge in [-0.3, -0.25) is 14.5 Å². The molecule has 1 N–H and O–H groups in total. The van der Waals surface area contributed by atoms with Gasteiger partial charge in [0, 0.05) is 10.0 Å². The van der Waals surface area contributed by atoms with Crippen molar-refractivity contribution in [3.63, 3.8) is 0 Å². The zero-order valence-electron chi connectivity index (χ0n) is 15.8. The number of nitrogens with one attached hydrogen (secondary N) is 1. The van der Waals surface area contributed by atoms with Gasteiger partial charge in [0.25, 0.3) is 5.91 Å². The second kappa shape index (κ2) is 8.51. The number of hydrogen-bond donors (Lipinski definition) is 1. The van der Waals surface area contributed by atoms with Crippen molar-refractivity contribution in [1.29, 1.82) is 0 Å². The van der Waals surface area contributed by atoms with Crippen LogP contribution in [0.1, 0.15) is 30.9 Å². The third-order valence-corrected chi connectivity index (χ3v) is 6.12. The molecule has 0 aromatic heterocycles. The van der Waals surface area contributed by atoms with Crippen molar-refractivity contribution in [3.05, 3.63) is 58.1 Å². The van der Waals surface area contributed by atoms with Gasteiger partial charge in [0.05, 0.1) is 17.1 Å². The summed E-state index contributed by atoms with van der Waals surface area (Å²) < 4.78 is 0.850. The maximum atomic E-state index is 12.4. The number of aryl methyl sites for hydroxylation is 1. The summed E-state index contributed by atoms with van der Waals surface area (Å²) in [6.07, 6.45) is 3.31. The number of anilines is 2. The predicted molar refractivity (Wildman–Crippen MR) is 122 cm³/mol. The van der Waals surface area contributed by atoms with E-state index < -0.39 is 0 Å². The van der Waals surface area contributed by atoms with Gasteiger partial charge < -0.3 is 5.32 Å². The molecule has 29 heavy (non-hydrogen) atoms. The van der Waals surface area contributed by atoms with Gasteiger partial charge in [-0.2, -0.15) is 0 Å². The zero-order valence-corrected chi connectivity index (χ0v) is 18.2. The quantitative estimate of drug-likeness (QED) is 0.649. The first-order valence-corrected chi connectivity index (χ1v) is 11.2. The first kappa shape index (κ1) is 19.8. The number of amidine groups is 1. The minimum Gasteiger partial charge on any atom is -0.320 e. The van der Waals surface area contributed by atoms with E-state index in [0.717, 1.165) is 29.4 Å². The van der Waals surface area contributed by atoms with E-state index in [0.29, 0.717) is 22.2 Å². The summed E-state index contributed by atoms with van der Waals surface area (Å²) in [5.41, 5.74) is 3.64. The monoisotopic (exact) mass is 470 g/mol. The summed E-state index contributed by atoms with van der Waals surface area (Å²) in [6.45, 7) is 2.17. The Balaban J connectivity index is 1.62. The molecule has 2 aliphatic heterocycles. The molecule has 2 aromatic carbocycles. The molecule has 0 unspecified atom stereocenters. The van der Waals surface area contributed by atoms with Crippen LogP contribution in [0.25, 0.3) is 0 Å². The number of benzene rings is 2. The van der Waals surface area contributed by atoms with E-state index in [4.69, 9.17) is 0 Å². The molecule has 6 nitrogen and oxygen atoms in total. The van der Waals surface area contributed by atoms with E-state index in [9.17, 15) is 9.59 Å². The topological polar surface area (TPSA) is 74.1 Å². The maximum absolute atomic E-state index is 12.4. The van der Waals surface area contributed by atoms with Crippen LogP contribution >= 0.6 is 27.7 Å². The Morgan fingerprint density at radius 1 is 1.14 bits per heavy atom. The number of carbonyl (C=O) groups is 2. The molecule has 0 saturated carbocycles. The molecule has 0 spiro atoms. The van der Waals surface area contributed by atoms with Crippen molar-refractivity contribution in [2.75, 3.05) is 16.0 Å². The highest BCUT2D eigenvalue weighted by Crippen LogP contribution is 2.29. The van der Waals surface area contributed by atoms with Gasteiger partial charge in [-0.05, 0) is 48.7 Å². The lowest BCUT2D eigenvalue weighted by Gasteiger charge is -2.15. The summed E-state index contributed by atoms with van der Waals surface area (Å²) in [5.74, 6) is -0.0480. The van der Waals surface area contributed by atoms with Crippen molar-refractivity contribution >= 4 is 61.8 Å². The number of hydrogen-bond acceptors (Lipinski definition) is 5. The number of rotatable bonds is 5. The third-order valence-electron chi connectivity index (χ3n) is 4.71. The van der Waals surface area contributed by atoms with Crippen molar-refractivity contribution in [3.8, 4) is 0 Å². The van der Waals surface area contributed by atoms with Gasteiger partial charge in [-0.25, -0.2) is 0 Å². The summed E-state index contributed by atoms with van der Waals surface area (Å²) in [6, 6.07) is 13.5. The molecule has 0 atom stereocenters. The smallest absolute Gasteiger partial charge is 0.276 e. The average Bonchev–Trinajstić information content (AvgIpc) is 3.24. The van der Waals surface area contributed by atoms with Crippen molar-refractivity contribution in [2.24, 2.45) is 10.2 Å². The molecule has 0 aliphatic carbocycles. The van der Waals surface area contributed by atoms with Crippen LogP contribution in [-0.4, -0.2) is 28.4 Å². The molecule has 2 aromatic rings. The highest BCUT2D eigenvalue weighted by molar-refractivity contribution is 9.10. The van der Waals surface area contributed by atoms with Gasteiger partial charge in [-0.15, -0.1) is 10.2 Å². The number of thioether (sulfide) groups is 1. The third kappa shape index (κ3) is 4.13.